The molecule has 0 radical (unpaired) electrons. The lowest BCUT2D eigenvalue weighted by Gasteiger charge is -2.23. The first-order valence-corrected chi connectivity index (χ1v) is 14.5. The first-order chi connectivity index (χ1) is 19.0. The number of hydrogen-bond donors (Lipinski definition) is 0. The number of fused-ring (bicyclic) bond motifs is 1. The van der Waals surface area contributed by atoms with Crippen molar-refractivity contribution < 1.29 is 0 Å². The van der Waals surface area contributed by atoms with E-state index in [1.54, 1.807) is 0 Å². The van der Waals surface area contributed by atoms with Crippen molar-refractivity contribution in [2.75, 3.05) is 6.54 Å². The average molecular weight is 517 g/mol. The number of hydrogen-bond acceptors (Lipinski definition) is 4. The minimum Gasteiger partial charge on any atom is -0.350 e. The largest absolute Gasteiger partial charge is 0.350 e. The first-order valence-electron chi connectivity index (χ1n) is 14.5. The molecule has 0 N–H and O–H groups in total. The zero-order valence-corrected chi connectivity index (χ0v) is 24.0. The van der Waals surface area contributed by atoms with Gasteiger partial charge in [-0.05, 0) is 54.5 Å². The van der Waals surface area contributed by atoms with Crippen molar-refractivity contribution in [1.29, 1.82) is 0 Å². The molecule has 1 unspecified atom stereocenters. The predicted molar refractivity (Wildman–Crippen MR) is 165 cm³/mol. The molecule has 0 bridgehead atoms. The van der Waals surface area contributed by atoms with Gasteiger partial charge >= 0.3 is 0 Å². The molecule has 0 saturated heterocycles. The molecular weight excluding hydrogens is 476 g/mol. The van der Waals surface area contributed by atoms with Gasteiger partial charge in [-0.15, -0.1) is 0 Å². The van der Waals surface area contributed by atoms with Crippen molar-refractivity contribution in [3.05, 3.63) is 107 Å². The Morgan fingerprint density at radius 3 is 2.31 bits per heavy atom. The minimum absolute atomic E-state index is 0.286. The van der Waals surface area contributed by atoms with Crippen LogP contribution in [0.5, 0.6) is 0 Å². The quantitative estimate of drug-likeness (QED) is 0.210. The maximum atomic E-state index is 5.32. The molecule has 4 nitrogen and oxygen atoms in total. The summed E-state index contributed by atoms with van der Waals surface area (Å²) >= 11 is 0. The fraction of sp³-hybridized carbons (Fsp3) is 0.343. The highest BCUT2D eigenvalue weighted by molar-refractivity contribution is 6.10. The number of aryl methyl sites for hydroxylation is 2. The number of rotatable bonds is 9. The van der Waals surface area contributed by atoms with Gasteiger partial charge < -0.3 is 4.90 Å². The van der Waals surface area contributed by atoms with Crippen molar-refractivity contribution in [3.63, 3.8) is 0 Å². The van der Waals surface area contributed by atoms with E-state index in [0.29, 0.717) is 5.92 Å². The number of para-hydroxylation sites is 2. The molecule has 4 heteroatoms. The summed E-state index contributed by atoms with van der Waals surface area (Å²) < 4.78 is 0. The SMILES string of the molecule is CCc1cccc(CC)c1/N=C(\C)c1ccc2cccc(C3=N[C@@H](C(C)CC)CN3Cc3ccccc3)c2n1. The Hall–Kier alpha value is -3.79. The number of aliphatic imine (C=N–C) groups is 2. The second kappa shape index (κ2) is 11.9. The summed E-state index contributed by atoms with van der Waals surface area (Å²) in [6.07, 6.45) is 3.04. The van der Waals surface area contributed by atoms with E-state index in [4.69, 9.17) is 15.0 Å². The van der Waals surface area contributed by atoms with Gasteiger partial charge in [0.1, 0.15) is 5.84 Å². The Labute approximate surface area is 233 Å². The fourth-order valence-corrected chi connectivity index (χ4v) is 5.47. The third-order valence-electron chi connectivity index (χ3n) is 8.09. The molecule has 0 amide bonds. The van der Waals surface area contributed by atoms with Crippen LogP contribution in [0.3, 0.4) is 0 Å². The molecule has 0 spiro atoms. The summed E-state index contributed by atoms with van der Waals surface area (Å²) in [5.74, 6) is 1.58. The van der Waals surface area contributed by atoms with Gasteiger partial charge in [-0.2, -0.15) is 0 Å². The first kappa shape index (κ1) is 26.8. The van der Waals surface area contributed by atoms with Gasteiger partial charge in [0.15, 0.2) is 0 Å². The number of nitrogens with zero attached hydrogens (tertiary/aromatic N) is 4. The Bertz CT molecular complexity index is 1480. The molecule has 1 aliphatic rings. The lowest BCUT2D eigenvalue weighted by atomic mass is 10.0. The van der Waals surface area contributed by atoms with Gasteiger partial charge in [0.25, 0.3) is 0 Å². The molecule has 0 fully saturated rings. The van der Waals surface area contributed by atoms with Crippen molar-refractivity contribution in [1.82, 2.24) is 9.88 Å². The molecule has 2 heterocycles. The van der Waals surface area contributed by atoms with Crippen LogP contribution in [0.1, 0.15) is 69.0 Å². The summed E-state index contributed by atoms with van der Waals surface area (Å²) in [6.45, 7) is 12.8. The molecule has 200 valence electrons. The van der Waals surface area contributed by atoms with Gasteiger partial charge in [-0.1, -0.05) is 101 Å². The van der Waals surface area contributed by atoms with Crippen molar-refractivity contribution in [3.8, 4) is 0 Å². The molecule has 3 aromatic carbocycles. The monoisotopic (exact) mass is 516 g/mol. The summed E-state index contributed by atoms with van der Waals surface area (Å²) in [6, 6.07) is 28.2. The molecule has 1 aliphatic heterocycles. The van der Waals surface area contributed by atoms with Crippen LogP contribution in [0, 0.1) is 5.92 Å². The molecule has 2 atom stereocenters. The molecular formula is C35H40N4. The lowest BCUT2D eigenvalue weighted by molar-refractivity contribution is 0.360. The third kappa shape index (κ3) is 5.66. The molecule has 0 saturated carbocycles. The molecule has 5 rings (SSSR count). The van der Waals surface area contributed by atoms with Crippen LogP contribution in [-0.4, -0.2) is 34.0 Å². The van der Waals surface area contributed by atoms with E-state index in [2.05, 4.69) is 118 Å². The summed E-state index contributed by atoms with van der Waals surface area (Å²) in [7, 11) is 0. The van der Waals surface area contributed by atoms with Gasteiger partial charge in [-0.3, -0.25) is 9.98 Å². The molecule has 4 aromatic rings. The van der Waals surface area contributed by atoms with Crippen LogP contribution in [0.15, 0.2) is 88.8 Å². The van der Waals surface area contributed by atoms with Crippen molar-refractivity contribution >= 4 is 28.1 Å². The zero-order chi connectivity index (χ0) is 27.4. The molecule has 0 aliphatic carbocycles. The lowest BCUT2D eigenvalue weighted by Crippen LogP contribution is -2.31. The predicted octanol–water partition coefficient (Wildman–Crippen LogP) is 8.18. The second-order valence-electron chi connectivity index (χ2n) is 10.7. The van der Waals surface area contributed by atoms with E-state index in [9.17, 15) is 0 Å². The summed E-state index contributed by atoms with van der Waals surface area (Å²) in [5.41, 5.74) is 8.90. The van der Waals surface area contributed by atoms with Crippen LogP contribution in [0.25, 0.3) is 10.9 Å². The minimum atomic E-state index is 0.286. The Balaban J connectivity index is 1.58. The van der Waals surface area contributed by atoms with E-state index in [1.165, 1.54) is 16.7 Å². The van der Waals surface area contributed by atoms with Gasteiger partial charge in [0, 0.05) is 24.0 Å². The Kier molecular flexibility index (Phi) is 8.21. The van der Waals surface area contributed by atoms with Crippen LogP contribution in [0.4, 0.5) is 5.69 Å². The second-order valence-corrected chi connectivity index (χ2v) is 10.7. The Morgan fingerprint density at radius 1 is 0.897 bits per heavy atom. The van der Waals surface area contributed by atoms with Crippen LogP contribution >= 0.6 is 0 Å². The number of pyridine rings is 1. The third-order valence-corrected chi connectivity index (χ3v) is 8.09. The normalized spacial score (nSPS) is 16.5. The van der Waals surface area contributed by atoms with E-state index >= 15 is 0 Å². The van der Waals surface area contributed by atoms with Crippen LogP contribution < -0.4 is 0 Å². The Morgan fingerprint density at radius 2 is 1.62 bits per heavy atom. The number of aromatic nitrogens is 1. The summed E-state index contributed by atoms with van der Waals surface area (Å²) in [4.78, 5) is 18.1. The number of amidine groups is 1. The van der Waals surface area contributed by atoms with Crippen LogP contribution in [-0.2, 0) is 19.4 Å². The smallest absolute Gasteiger partial charge is 0.133 e. The maximum Gasteiger partial charge on any atom is 0.133 e. The average Bonchev–Trinajstić information content (AvgIpc) is 3.40. The van der Waals surface area contributed by atoms with E-state index < -0.39 is 0 Å². The highest BCUT2D eigenvalue weighted by atomic mass is 15.3. The molecule has 39 heavy (non-hydrogen) atoms. The zero-order valence-electron chi connectivity index (χ0n) is 24.0. The van der Waals surface area contributed by atoms with E-state index in [-0.39, 0.29) is 6.04 Å². The van der Waals surface area contributed by atoms with Gasteiger partial charge in [0.05, 0.1) is 28.7 Å². The fourth-order valence-electron chi connectivity index (χ4n) is 5.47. The number of benzene rings is 3. The van der Waals surface area contributed by atoms with Crippen molar-refractivity contribution in [2.45, 2.75) is 66.5 Å². The van der Waals surface area contributed by atoms with E-state index in [0.717, 1.165) is 71.7 Å². The topological polar surface area (TPSA) is 40.9 Å². The highest BCUT2D eigenvalue weighted by Crippen LogP contribution is 2.29. The summed E-state index contributed by atoms with van der Waals surface area (Å²) in [5, 5.41) is 1.13. The van der Waals surface area contributed by atoms with Crippen molar-refractivity contribution in [2.24, 2.45) is 15.9 Å². The van der Waals surface area contributed by atoms with Gasteiger partial charge in [0.2, 0.25) is 0 Å². The van der Waals surface area contributed by atoms with Gasteiger partial charge in [-0.25, -0.2) is 4.98 Å². The van der Waals surface area contributed by atoms with Crippen LogP contribution in [0.2, 0.25) is 0 Å². The highest BCUT2D eigenvalue weighted by Gasteiger charge is 2.30. The van der Waals surface area contributed by atoms with E-state index in [1.807, 2.05) is 0 Å². The standard InChI is InChI=1S/C35H40N4/c1-6-24(4)32-23-39(22-26-14-10-9-11-15-26)35(38-32)30-19-13-18-29-20-21-31(37-34(29)30)25(5)36-33-27(7-2)16-12-17-28(33)8-3/h9-21,24,32H,6-8,22-23H2,1-5H3/b36-25+/t24?,32-/m1/s1. The maximum absolute atomic E-state index is 5.32. The molecule has 1 aromatic heterocycles.